The summed E-state index contributed by atoms with van der Waals surface area (Å²) in [5.41, 5.74) is 0.421. The minimum Gasteiger partial charge on any atom is -0.496 e. The Morgan fingerprint density at radius 1 is 1.39 bits per heavy atom. The summed E-state index contributed by atoms with van der Waals surface area (Å²) in [6, 6.07) is 3.79. The lowest BCUT2D eigenvalue weighted by Gasteiger charge is -2.22. The van der Waals surface area contributed by atoms with Gasteiger partial charge in [0.15, 0.2) is 0 Å². The van der Waals surface area contributed by atoms with Gasteiger partial charge in [0, 0.05) is 16.6 Å². The van der Waals surface area contributed by atoms with Gasteiger partial charge in [0.05, 0.1) is 13.5 Å². The number of rotatable bonds is 5. The third-order valence-corrected chi connectivity index (χ3v) is 2.69. The van der Waals surface area contributed by atoms with E-state index >= 15 is 0 Å². The van der Waals surface area contributed by atoms with Gasteiger partial charge in [0.2, 0.25) is 0 Å². The molecule has 102 valence electrons. The van der Waals surface area contributed by atoms with E-state index in [4.69, 9.17) is 16.3 Å². The molecule has 1 aromatic carbocycles. The minimum absolute atomic E-state index is 0.385. The third kappa shape index (κ3) is 4.38. The van der Waals surface area contributed by atoms with Gasteiger partial charge < -0.3 is 10.1 Å². The Kier molecular flexibility index (Phi) is 5.28. The van der Waals surface area contributed by atoms with Crippen molar-refractivity contribution in [1.82, 2.24) is 5.32 Å². The Labute approximate surface area is 109 Å². The van der Waals surface area contributed by atoms with Crippen molar-refractivity contribution in [1.29, 1.82) is 0 Å². The van der Waals surface area contributed by atoms with Gasteiger partial charge in [-0.15, -0.1) is 0 Å². The summed E-state index contributed by atoms with van der Waals surface area (Å²) >= 11 is 5.82. The van der Waals surface area contributed by atoms with Gasteiger partial charge in [-0.2, -0.15) is 13.2 Å². The van der Waals surface area contributed by atoms with Crippen molar-refractivity contribution in [3.63, 3.8) is 0 Å². The van der Waals surface area contributed by atoms with Crippen molar-refractivity contribution in [3.05, 3.63) is 28.8 Å². The highest BCUT2D eigenvalue weighted by Crippen LogP contribution is 2.35. The maximum Gasteiger partial charge on any atom is 0.390 e. The van der Waals surface area contributed by atoms with Crippen LogP contribution < -0.4 is 10.1 Å². The molecule has 0 fully saturated rings. The molecule has 0 radical (unpaired) electrons. The van der Waals surface area contributed by atoms with Crippen LogP contribution in [0.1, 0.15) is 24.9 Å². The predicted molar refractivity (Wildman–Crippen MR) is 65.1 cm³/mol. The zero-order chi connectivity index (χ0) is 13.8. The second-order valence-corrected chi connectivity index (χ2v) is 4.25. The monoisotopic (exact) mass is 281 g/mol. The van der Waals surface area contributed by atoms with E-state index in [2.05, 4.69) is 5.32 Å². The predicted octanol–water partition coefficient (Wildman–Crippen LogP) is 3.95. The molecule has 2 nitrogen and oxygen atoms in total. The number of hydrogen-bond acceptors (Lipinski definition) is 2. The van der Waals surface area contributed by atoms with Crippen LogP contribution in [0.5, 0.6) is 5.75 Å². The summed E-state index contributed by atoms with van der Waals surface area (Å²) in [7, 11) is 1.42. The maximum atomic E-state index is 12.5. The van der Waals surface area contributed by atoms with E-state index in [0.717, 1.165) is 0 Å². The first-order chi connectivity index (χ1) is 8.37. The molecule has 0 bridgehead atoms. The third-order valence-electron chi connectivity index (χ3n) is 2.45. The highest BCUT2D eigenvalue weighted by Gasteiger charge is 2.33. The molecule has 1 atom stereocenters. The molecule has 1 aromatic rings. The molecule has 1 rings (SSSR count). The lowest BCUT2D eigenvalue weighted by Crippen LogP contribution is -2.27. The van der Waals surface area contributed by atoms with Gasteiger partial charge in [-0.05, 0) is 24.7 Å². The first-order valence-corrected chi connectivity index (χ1v) is 5.88. The summed E-state index contributed by atoms with van der Waals surface area (Å²) < 4.78 is 42.7. The van der Waals surface area contributed by atoms with E-state index in [0.29, 0.717) is 22.9 Å². The number of benzene rings is 1. The quantitative estimate of drug-likeness (QED) is 0.882. The number of alkyl halides is 3. The summed E-state index contributed by atoms with van der Waals surface area (Å²) in [5, 5.41) is 3.18. The highest BCUT2D eigenvalue weighted by atomic mass is 35.5. The van der Waals surface area contributed by atoms with E-state index < -0.39 is 18.6 Å². The SMILES string of the molecule is CCNC(CC(F)(F)F)c1cc(Cl)ccc1OC. The Morgan fingerprint density at radius 2 is 2.06 bits per heavy atom. The van der Waals surface area contributed by atoms with E-state index in [1.54, 1.807) is 19.1 Å². The molecular formula is C12H15ClF3NO. The maximum absolute atomic E-state index is 12.5. The molecule has 0 saturated carbocycles. The lowest BCUT2D eigenvalue weighted by molar-refractivity contribution is -0.140. The van der Waals surface area contributed by atoms with Crippen molar-refractivity contribution in [2.24, 2.45) is 0 Å². The molecule has 0 aromatic heterocycles. The second-order valence-electron chi connectivity index (χ2n) is 3.82. The van der Waals surface area contributed by atoms with Crippen molar-refractivity contribution >= 4 is 11.6 Å². The number of halogens is 4. The zero-order valence-electron chi connectivity index (χ0n) is 10.1. The lowest BCUT2D eigenvalue weighted by atomic mass is 10.0. The average molecular weight is 282 g/mol. The Morgan fingerprint density at radius 3 is 2.56 bits per heavy atom. The van der Waals surface area contributed by atoms with Crippen LogP contribution in [-0.2, 0) is 0 Å². The largest absolute Gasteiger partial charge is 0.496 e. The molecule has 18 heavy (non-hydrogen) atoms. The standard InChI is InChI=1S/C12H15ClF3NO/c1-3-17-10(7-12(14,15)16)9-6-8(13)4-5-11(9)18-2/h4-6,10,17H,3,7H2,1-2H3. The molecule has 0 aliphatic rings. The van der Waals surface area contributed by atoms with Crippen LogP contribution in [-0.4, -0.2) is 19.8 Å². The van der Waals surface area contributed by atoms with Crippen molar-refractivity contribution < 1.29 is 17.9 Å². The fraction of sp³-hybridized carbons (Fsp3) is 0.500. The Bertz CT molecular complexity index is 395. The smallest absolute Gasteiger partial charge is 0.390 e. The van der Waals surface area contributed by atoms with E-state index in [1.807, 2.05) is 0 Å². The van der Waals surface area contributed by atoms with Crippen molar-refractivity contribution in [2.75, 3.05) is 13.7 Å². The van der Waals surface area contributed by atoms with Crippen LogP contribution in [0, 0.1) is 0 Å². The molecule has 1 N–H and O–H groups in total. The Balaban J connectivity index is 3.07. The second kappa shape index (κ2) is 6.29. The van der Waals surface area contributed by atoms with Gasteiger partial charge >= 0.3 is 6.18 Å². The molecule has 0 saturated heterocycles. The topological polar surface area (TPSA) is 21.3 Å². The molecule has 0 amide bonds. The Hall–Kier alpha value is -0.940. The molecule has 1 unspecified atom stereocenters. The first-order valence-electron chi connectivity index (χ1n) is 5.51. The minimum atomic E-state index is -4.25. The van der Waals surface area contributed by atoms with E-state index in [-0.39, 0.29) is 0 Å². The van der Waals surface area contributed by atoms with Crippen LogP contribution in [0.2, 0.25) is 5.02 Å². The summed E-state index contributed by atoms with van der Waals surface area (Å²) in [4.78, 5) is 0. The van der Waals surface area contributed by atoms with Crippen molar-refractivity contribution in [2.45, 2.75) is 25.6 Å². The number of nitrogens with one attached hydrogen (secondary N) is 1. The number of ether oxygens (including phenoxy) is 1. The van der Waals surface area contributed by atoms with Crippen LogP contribution >= 0.6 is 11.6 Å². The van der Waals surface area contributed by atoms with Gasteiger partial charge in [-0.3, -0.25) is 0 Å². The van der Waals surface area contributed by atoms with Gasteiger partial charge in [0.1, 0.15) is 5.75 Å². The molecule has 0 spiro atoms. The summed E-state index contributed by atoms with van der Waals surface area (Å²) in [6.45, 7) is 2.18. The number of methoxy groups -OCH3 is 1. The van der Waals surface area contributed by atoms with E-state index in [1.165, 1.54) is 13.2 Å². The van der Waals surface area contributed by atoms with Gasteiger partial charge in [0.25, 0.3) is 0 Å². The van der Waals surface area contributed by atoms with Gasteiger partial charge in [-0.25, -0.2) is 0 Å². The molecule has 6 heteroatoms. The van der Waals surface area contributed by atoms with Crippen LogP contribution in [0.25, 0.3) is 0 Å². The van der Waals surface area contributed by atoms with Crippen molar-refractivity contribution in [3.8, 4) is 5.75 Å². The normalized spacial score (nSPS) is 13.4. The fourth-order valence-electron chi connectivity index (χ4n) is 1.75. The van der Waals surface area contributed by atoms with Crippen LogP contribution in [0.3, 0.4) is 0 Å². The molecule has 0 aliphatic heterocycles. The zero-order valence-corrected chi connectivity index (χ0v) is 10.9. The molecule has 0 aliphatic carbocycles. The summed E-state index contributed by atoms with van der Waals surface area (Å²) in [6.07, 6.45) is -5.21. The average Bonchev–Trinajstić information content (AvgIpc) is 2.26. The van der Waals surface area contributed by atoms with E-state index in [9.17, 15) is 13.2 Å². The fourth-order valence-corrected chi connectivity index (χ4v) is 1.93. The molecule has 0 heterocycles. The summed E-state index contributed by atoms with van der Waals surface area (Å²) in [5.74, 6) is 0.398. The molecular weight excluding hydrogens is 267 g/mol. The first kappa shape index (κ1) is 15.1. The van der Waals surface area contributed by atoms with Crippen LogP contribution in [0.4, 0.5) is 13.2 Å². The van der Waals surface area contributed by atoms with Gasteiger partial charge in [-0.1, -0.05) is 18.5 Å². The highest BCUT2D eigenvalue weighted by molar-refractivity contribution is 6.30. The van der Waals surface area contributed by atoms with Crippen LogP contribution in [0.15, 0.2) is 18.2 Å². The number of hydrogen-bond donors (Lipinski definition) is 1.